The first-order valence-electron chi connectivity index (χ1n) is 8.68. The van der Waals surface area contributed by atoms with E-state index in [1.807, 2.05) is 6.92 Å². The first-order chi connectivity index (χ1) is 9.97. The third-order valence-electron chi connectivity index (χ3n) is 5.96. The maximum absolute atomic E-state index is 11.3. The number of carbonyl (C=O) groups is 1. The number of fused-ring (bicyclic) bond motifs is 2. The summed E-state index contributed by atoms with van der Waals surface area (Å²) >= 11 is 0. The Bertz CT molecular complexity index is 390. The molecule has 0 amide bonds. The van der Waals surface area contributed by atoms with Crippen molar-refractivity contribution in [3.63, 3.8) is 0 Å². The average Bonchev–Trinajstić information content (AvgIpc) is 2.79. The highest BCUT2D eigenvalue weighted by molar-refractivity contribution is 5.69. The highest BCUT2D eigenvalue weighted by atomic mass is 16.4. The van der Waals surface area contributed by atoms with Gasteiger partial charge in [0.25, 0.3) is 0 Å². The molecule has 21 heavy (non-hydrogen) atoms. The maximum atomic E-state index is 11.3. The lowest BCUT2D eigenvalue weighted by Crippen LogP contribution is -2.57. The van der Waals surface area contributed by atoms with Gasteiger partial charge in [0.05, 0.1) is 5.92 Å². The van der Waals surface area contributed by atoms with Crippen LogP contribution in [0.5, 0.6) is 0 Å². The lowest BCUT2D eigenvalue weighted by Gasteiger charge is -2.49. The molecule has 4 rings (SSSR count). The minimum absolute atomic E-state index is 0.231. The van der Waals surface area contributed by atoms with Crippen LogP contribution in [-0.2, 0) is 4.79 Å². The molecular weight excluding hydrogens is 264 g/mol. The second kappa shape index (κ2) is 5.88. The second-order valence-electron chi connectivity index (χ2n) is 7.92. The summed E-state index contributed by atoms with van der Waals surface area (Å²) in [5.74, 6) is 1.46. The zero-order valence-corrected chi connectivity index (χ0v) is 13.7. The van der Waals surface area contributed by atoms with E-state index in [2.05, 4.69) is 23.6 Å². The van der Waals surface area contributed by atoms with Crippen molar-refractivity contribution in [1.29, 1.82) is 0 Å². The van der Waals surface area contributed by atoms with E-state index in [0.717, 1.165) is 24.8 Å². The van der Waals surface area contributed by atoms with E-state index < -0.39 is 5.97 Å². The third kappa shape index (κ3) is 2.85. The number of carboxylic acids is 1. The molecule has 4 saturated heterocycles. The predicted molar refractivity (Wildman–Crippen MR) is 83.2 cm³/mol. The zero-order valence-electron chi connectivity index (χ0n) is 13.7. The number of aliphatic carboxylic acids is 1. The first-order valence-corrected chi connectivity index (χ1v) is 8.68. The van der Waals surface area contributed by atoms with Gasteiger partial charge in [-0.15, -0.1) is 0 Å². The van der Waals surface area contributed by atoms with Gasteiger partial charge >= 0.3 is 5.97 Å². The molecule has 2 bridgehead atoms. The summed E-state index contributed by atoms with van der Waals surface area (Å²) in [7, 11) is 0. The Morgan fingerprint density at radius 2 is 1.90 bits per heavy atom. The van der Waals surface area contributed by atoms with Gasteiger partial charge in [-0.2, -0.15) is 0 Å². The Labute approximate surface area is 128 Å². The van der Waals surface area contributed by atoms with Crippen molar-refractivity contribution >= 4 is 5.97 Å². The second-order valence-corrected chi connectivity index (χ2v) is 7.92. The van der Waals surface area contributed by atoms with Gasteiger partial charge in [0.1, 0.15) is 0 Å². The van der Waals surface area contributed by atoms with E-state index >= 15 is 0 Å². The molecular formula is C17H30N2O2. The SMILES string of the molecule is CC(C)CN1CC2C3CCN(CC3)C2C1CC(C)C(=O)O. The Morgan fingerprint density at radius 1 is 1.24 bits per heavy atom. The van der Waals surface area contributed by atoms with Crippen LogP contribution in [0.1, 0.15) is 40.0 Å². The zero-order chi connectivity index (χ0) is 15.1. The molecule has 0 aromatic heterocycles. The van der Waals surface area contributed by atoms with Crippen molar-refractivity contribution in [3.8, 4) is 0 Å². The molecule has 0 radical (unpaired) electrons. The Hall–Kier alpha value is -0.610. The number of nitrogens with zero attached hydrogens (tertiary/aromatic N) is 2. The van der Waals surface area contributed by atoms with Gasteiger partial charge in [0.2, 0.25) is 0 Å². The van der Waals surface area contributed by atoms with Gasteiger partial charge in [-0.25, -0.2) is 0 Å². The van der Waals surface area contributed by atoms with E-state index in [1.54, 1.807) is 0 Å². The molecule has 0 aromatic rings. The number of piperidine rings is 3. The van der Waals surface area contributed by atoms with Crippen molar-refractivity contribution in [2.75, 3.05) is 26.2 Å². The van der Waals surface area contributed by atoms with E-state index in [9.17, 15) is 9.90 Å². The van der Waals surface area contributed by atoms with Gasteiger partial charge < -0.3 is 5.11 Å². The van der Waals surface area contributed by atoms with Crippen LogP contribution in [0.15, 0.2) is 0 Å². The molecule has 4 heterocycles. The molecule has 0 aliphatic carbocycles. The van der Waals surface area contributed by atoms with Crippen LogP contribution < -0.4 is 0 Å². The molecule has 4 fully saturated rings. The standard InChI is InChI=1S/C17H30N2O2/c1-11(2)9-19-10-14-13-4-6-18(7-5-13)16(14)15(19)8-12(3)17(20)21/h11-16H,4-10H2,1-3H3,(H,20,21). The largest absolute Gasteiger partial charge is 0.481 e. The van der Waals surface area contributed by atoms with Crippen LogP contribution in [0.4, 0.5) is 0 Å². The van der Waals surface area contributed by atoms with Crippen molar-refractivity contribution < 1.29 is 9.90 Å². The Balaban J connectivity index is 1.79. The van der Waals surface area contributed by atoms with Crippen LogP contribution in [0.2, 0.25) is 0 Å². The van der Waals surface area contributed by atoms with E-state index in [-0.39, 0.29) is 5.92 Å². The monoisotopic (exact) mass is 294 g/mol. The molecule has 4 heteroatoms. The molecule has 4 aliphatic heterocycles. The lowest BCUT2D eigenvalue weighted by atomic mass is 9.73. The van der Waals surface area contributed by atoms with E-state index in [4.69, 9.17) is 0 Å². The summed E-state index contributed by atoms with van der Waals surface area (Å²) < 4.78 is 0. The number of hydrogen-bond acceptors (Lipinski definition) is 3. The number of likely N-dealkylation sites (tertiary alicyclic amines) is 1. The van der Waals surface area contributed by atoms with Gasteiger partial charge in [-0.1, -0.05) is 20.8 Å². The Kier molecular flexibility index (Phi) is 4.28. The summed E-state index contributed by atoms with van der Waals surface area (Å²) in [6.45, 7) is 11.2. The summed E-state index contributed by atoms with van der Waals surface area (Å²) in [5, 5.41) is 9.31. The molecule has 1 N–H and O–H groups in total. The summed E-state index contributed by atoms with van der Waals surface area (Å²) in [5.41, 5.74) is 0. The molecule has 120 valence electrons. The first kappa shape index (κ1) is 15.3. The van der Waals surface area contributed by atoms with Crippen LogP contribution in [-0.4, -0.2) is 59.1 Å². The smallest absolute Gasteiger partial charge is 0.306 e. The molecule has 0 spiro atoms. The van der Waals surface area contributed by atoms with Gasteiger partial charge in [-0.3, -0.25) is 14.6 Å². The van der Waals surface area contributed by atoms with Gasteiger partial charge in [0, 0.05) is 25.2 Å². The van der Waals surface area contributed by atoms with Crippen LogP contribution in [0, 0.1) is 23.7 Å². The fourth-order valence-electron chi connectivity index (χ4n) is 5.03. The fraction of sp³-hybridized carbons (Fsp3) is 0.941. The summed E-state index contributed by atoms with van der Waals surface area (Å²) in [4.78, 5) is 16.6. The van der Waals surface area contributed by atoms with E-state index in [1.165, 1.54) is 32.5 Å². The third-order valence-corrected chi connectivity index (χ3v) is 5.96. The van der Waals surface area contributed by atoms with Crippen molar-refractivity contribution in [1.82, 2.24) is 9.80 Å². The molecule has 0 saturated carbocycles. The van der Waals surface area contributed by atoms with Crippen molar-refractivity contribution in [2.24, 2.45) is 23.7 Å². The highest BCUT2D eigenvalue weighted by Crippen LogP contribution is 2.45. The normalized spacial score (nSPS) is 40.5. The molecule has 4 nitrogen and oxygen atoms in total. The summed E-state index contributed by atoms with van der Waals surface area (Å²) in [6.07, 6.45) is 3.53. The van der Waals surface area contributed by atoms with E-state index in [0.29, 0.717) is 18.0 Å². The fourth-order valence-corrected chi connectivity index (χ4v) is 5.03. The minimum atomic E-state index is -0.640. The predicted octanol–water partition coefficient (Wildman–Crippen LogP) is 2.15. The van der Waals surface area contributed by atoms with Gasteiger partial charge in [0.15, 0.2) is 0 Å². The average molecular weight is 294 g/mol. The highest BCUT2D eigenvalue weighted by Gasteiger charge is 2.52. The van der Waals surface area contributed by atoms with Crippen molar-refractivity contribution in [2.45, 2.75) is 52.1 Å². The number of hydrogen-bond donors (Lipinski definition) is 1. The number of rotatable bonds is 5. The van der Waals surface area contributed by atoms with Crippen molar-refractivity contribution in [3.05, 3.63) is 0 Å². The lowest BCUT2D eigenvalue weighted by molar-refractivity contribution is -0.142. The molecule has 4 unspecified atom stereocenters. The van der Waals surface area contributed by atoms with Crippen LogP contribution in [0.25, 0.3) is 0 Å². The van der Waals surface area contributed by atoms with Gasteiger partial charge in [-0.05, 0) is 50.1 Å². The minimum Gasteiger partial charge on any atom is -0.481 e. The van der Waals surface area contributed by atoms with Crippen LogP contribution >= 0.6 is 0 Å². The maximum Gasteiger partial charge on any atom is 0.306 e. The molecule has 0 aromatic carbocycles. The summed E-state index contributed by atoms with van der Waals surface area (Å²) in [6, 6.07) is 1.07. The molecule has 4 atom stereocenters. The van der Waals surface area contributed by atoms with Crippen LogP contribution in [0.3, 0.4) is 0 Å². The Morgan fingerprint density at radius 3 is 2.48 bits per heavy atom. The quantitative estimate of drug-likeness (QED) is 0.844. The topological polar surface area (TPSA) is 43.8 Å². The molecule has 4 aliphatic rings. The number of carboxylic acid groups (broad SMARTS) is 1.